The minimum Gasteiger partial charge on any atom is -0.355 e. The van der Waals surface area contributed by atoms with E-state index in [9.17, 15) is 18.0 Å². The third-order valence-corrected chi connectivity index (χ3v) is 6.50. The standard InChI is InChI=1S/C24H25N3O4S/c1-15-8-11-18(12-9-15)27-32(30,31)19-13-10-16(2)21(14-19)24(29)26-22-7-5-6-20(17(22)3)23(28)25-4/h5-14,27H,1-4H3,(H,25,28)(H,26,29). The zero-order valence-electron chi connectivity index (χ0n) is 18.3. The first kappa shape index (κ1) is 23.0. The van der Waals surface area contributed by atoms with Gasteiger partial charge in [0.05, 0.1) is 4.90 Å². The van der Waals surface area contributed by atoms with Crippen molar-refractivity contribution in [2.45, 2.75) is 25.7 Å². The molecule has 3 aromatic carbocycles. The molecule has 3 rings (SSSR count). The van der Waals surface area contributed by atoms with E-state index in [1.54, 1.807) is 62.4 Å². The second kappa shape index (κ2) is 9.23. The summed E-state index contributed by atoms with van der Waals surface area (Å²) in [5, 5.41) is 5.35. The van der Waals surface area contributed by atoms with E-state index >= 15 is 0 Å². The molecule has 0 aromatic heterocycles. The predicted molar refractivity (Wildman–Crippen MR) is 126 cm³/mol. The number of hydrogen-bond acceptors (Lipinski definition) is 4. The Kier molecular flexibility index (Phi) is 6.64. The van der Waals surface area contributed by atoms with Crippen molar-refractivity contribution in [2.75, 3.05) is 17.1 Å². The van der Waals surface area contributed by atoms with Crippen molar-refractivity contribution in [3.63, 3.8) is 0 Å². The largest absolute Gasteiger partial charge is 0.355 e. The Morgan fingerprint density at radius 3 is 2.16 bits per heavy atom. The summed E-state index contributed by atoms with van der Waals surface area (Å²) in [7, 11) is -2.35. The van der Waals surface area contributed by atoms with Crippen molar-refractivity contribution in [1.82, 2.24) is 5.32 Å². The van der Waals surface area contributed by atoms with Gasteiger partial charge in [-0.3, -0.25) is 14.3 Å². The third-order valence-electron chi connectivity index (χ3n) is 5.12. The minimum atomic E-state index is -3.88. The number of anilines is 2. The Morgan fingerprint density at radius 1 is 0.812 bits per heavy atom. The molecule has 0 radical (unpaired) electrons. The number of amides is 2. The molecule has 0 unspecified atom stereocenters. The molecule has 0 atom stereocenters. The Morgan fingerprint density at radius 2 is 1.50 bits per heavy atom. The molecular weight excluding hydrogens is 426 g/mol. The average Bonchev–Trinajstić information content (AvgIpc) is 2.76. The van der Waals surface area contributed by atoms with Gasteiger partial charge in [0.15, 0.2) is 0 Å². The van der Waals surface area contributed by atoms with Crippen LogP contribution in [0.4, 0.5) is 11.4 Å². The molecule has 166 valence electrons. The van der Waals surface area contributed by atoms with Gasteiger partial charge in [-0.2, -0.15) is 0 Å². The molecule has 0 aliphatic carbocycles. The van der Waals surface area contributed by atoms with Gasteiger partial charge in [0.2, 0.25) is 0 Å². The first-order valence-electron chi connectivity index (χ1n) is 9.95. The predicted octanol–water partition coefficient (Wildman–Crippen LogP) is 4.02. The Labute approximate surface area is 187 Å². The van der Waals surface area contributed by atoms with Gasteiger partial charge in [-0.05, 0) is 68.3 Å². The first-order valence-corrected chi connectivity index (χ1v) is 11.4. The maximum absolute atomic E-state index is 13.0. The van der Waals surface area contributed by atoms with Crippen LogP contribution in [-0.4, -0.2) is 27.3 Å². The SMILES string of the molecule is CNC(=O)c1cccc(NC(=O)c2cc(S(=O)(=O)Nc3ccc(C)cc3)ccc2C)c1C. The molecule has 0 saturated heterocycles. The summed E-state index contributed by atoms with van der Waals surface area (Å²) in [6.07, 6.45) is 0. The number of sulfonamides is 1. The number of nitrogens with one attached hydrogen (secondary N) is 3. The van der Waals surface area contributed by atoms with Gasteiger partial charge in [-0.15, -0.1) is 0 Å². The molecule has 7 nitrogen and oxygen atoms in total. The highest BCUT2D eigenvalue weighted by Crippen LogP contribution is 2.23. The van der Waals surface area contributed by atoms with Gasteiger partial charge >= 0.3 is 0 Å². The highest BCUT2D eigenvalue weighted by atomic mass is 32.2. The van der Waals surface area contributed by atoms with E-state index < -0.39 is 15.9 Å². The summed E-state index contributed by atoms with van der Waals surface area (Å²) in [6, 6.07) is 16.4. The molecule has 3 aromatic rings. The second-order valence-electron chi connectivity index (χ2n) is 7.46. The van der Waals surface area contributed by atoms with Gasteiger partial charge in [-0.25, -0.2) is 8.42 Å². The Hall–Kier alpha value is -3.65. The fourth-order valence-electron chi connectivity index (χ4n) is 3.19. The van der Waals surface area contributed by atoms with E-state index in [1.807, 2.05) is 6.92 Å². The number of carbonyl (C=O) groups is 2. The van der Waals surface area contributed by atoms with Crippen LogP contribution in [0.5, 0.6) is 0 Å². The Balaban J connectivity index is 1.89. The molecule has 0 fully saturated rings. The highest BCUT2D eigenvalue weighted by Gasteiger charge is 2.19. The van der Waals surface area contributed by atoms with E-state index in [1.165, 1.54) is 19.2 Å². The van der Waals surface area contributed by atoms with Crippen LogP contribution in [0.3, 0.4) is 0 Å². The van der Waals surface area contributed by atoms with Crippen LogP contribution < -0.4 is 15.4 Å². The van der Waals surface area contributed by atoms with Gasteiger partial charge in [-0.1, -0.05) is 29.8 Å². The lowest BCUT2D eigenvalue weighted by Crippen LogP contribution is -2.21. The quantitative estimate of drug-likeness (QED) is 0.526. The molecule has 32 heavy (non-hydrogen) atoms. The second-order valence-corrected chi connectivity index (χ2v) is 9.14. The lowest BCUT2D eigenvalue weighted by Gasteiger charge is -2.14. The molecular formula is C24H25N3O4S. The van der Waals surface area contributed by atoms with Crippen LogP contribution in [0.25, 0.3) is 0 Å². The summed E-state index contributed by atoms with van der Waals surface area (Å²) >= 11 is 0. The fourth-order valence-corrected chi connectivity index (χ4v) is 4.27. The normalized spacial score (nSPS) is 11.0. The summed E-state index contributed by atoms with van der Waals surface area (Å²) in [6.45, 7) is 5.38. The molecule has 0 bridgehead atoms. The summed E-state index contributed by atoms with van der Waals surface area (Å²) in [5.74, 6) is -0.725. The zero-order chi connectivity index (χ0) is 23.5. The van der Waals surface area contributed by atoms with Crippen molar-refractivity contribution in [3.05, 3.63) is 88.5 Å². The molecule has 0 aliphatic rings. The molecule has 0 aliphatic heterocycles. The van der Waals surface area contributed by atoms with Crippen molar-refractivity contribution < 1.29 is 18.0 Å². The number of aryl methyl sites for hydroxylation is 2. The highest BCUT2D eigenvalue weighted by molar-refractivity contribution is 7.92. The first-order chi connectivity index (χ1) is 15.1. The summed E-state index contributed by atoms with van der Waals surface area (Å²) in [4.78, 5) is 25.0. The van der Waals surface area contributed by atoms with Crippen molar-refractivity contribution in [2.24, 2.45) is 0 Å². The smallest absolute Gasteiger partial charge is 0.261 e. The van der Waals surface area contributed by atoms with Crippen LogP contribution in [-0.2, 0) is 10.0 Å². The van der Waals surface area contributed by atoms with Gasteiger partial charge in [0.1, 0.15) is 0 Å². The molecule has 3 N–H and O–H groups in total. The number of hydrogen-bond donors (Lipinski definition) is 3. The van der Waals surface area contributed by atoms with Crippen molar-refractivity contribution in [1.29, 1.82) is 0 Å². The van der Waals surface area contributed by atoms with Crippen molar-refractivity contribution in [3.8, 4) is 0 Å². The third kappa shape index (κ3) is 4.97. The number of benzene rings is 3. The lowest BCUT2D eigenvalue weighted by atomic mass is 10.0. The maximum Gasteiger partial charge on any atom is 0.261 e. The van der Waals surface area contributed by atoms with Crippen LogP contribution >= 0.6 is 0 Å². The average molecular weight is 452 g/mol. The van der Waals surface area contributed by atoms with Gasteiger partial charge in [0, 0.05) is 29.5 Å². The van der Waals surface area contributed by atoms with E-state index in [2.05, 4.69) is 15.4 Å². The molecule has 0 spiro atoms. The van der Waals surface area contributed by atoms with Crippen LogP contribution in [0.2, 0.25) is 0 Å². The fraction of sp³-hybridized carbons (Fsp3) is 0.167. The van der Waals surface area contributed by atoms with E-state index in [0.29, 0.717) is 28.1 Å². The number of carbonyl (C=O) groups excluding carboxylic acids is 2. The number of rotatable bonds is 6. The minimum absolute atomic E-state index is 0.0235. The maximum atomic E-state index is 13.0. The van der Waals surface area contributed by atoms with Crippen LogP contribution in [0.15, 0.2) is 65.6 Å². The molecule has 0 saturated carbocycles. The van der Waals surface area contributed by atoms with Crippen LogP contribution in [0, 0.1) is 20.8 Å². The van der Waals surface area contributed by atoms with Crippen molar-refractivity contribution >= 4 is 33.2 Å². The van der Waals surface area contributed by atoms with Crippen LogP contribution in [0.1, 0.15) is 37.4 Å². The van der Waals surface area contributed by atoms with E-state index in [0.717, 1.165) is 5.56 Å². The molecule has 2 amide bonds. The van der Waals surface area contributed by atoms with Gasteiger partial charge < -0.3 is 10.6 Å². The van der Waals surface area contributed by atoms with Gasteiger partial charge in [0.25, 0.3) is 21.8 Å². The monoisotopic (exact) mass is 451 g/mol. The molecule has 0 heterocycles. The molecule has 8 heteroatoms. The topological polar surface area (TPSA) is 104 Å². The Bertz CT molecular complexity index is 1280. The lowest BCUT2D eigenvalue weighted by molar-refractivity contribution is 0.0960. The summed E-state index contributed by atoms with van der Waals surface area (Å²) in [5.41, 5.74) is 3.82. The van der Waals surface area contributed by atoms with E-state index in [4.69, 9.17) is 0 Å². The van der Waals surface area contributed by atoms with E-state index in [-0.39, 0.29) is 16.4 Å². The zero-order valence-corrected chi connectivity index (χ0v) is 19.1. The summed E-state index contributed by atoms with van der Waals surface area (Å²) < 4.78 is 28.2.